The normalized spacial score (nSPS) is 33.4. The van der Waals surface area contributed by atoms with Gasteiger partial charge in [-0.15, -0.1) is 0 Å². The molecule has 4 heteroatoms. The lowest BCUT2D eigenvalue weighted by atomic mass is 10.2. The molecule has 2 aliphatic rings. The molecule has 3 atom stereocenters. The van der Waals surface area contributed by atoms with Crippen LogP contribution in [-0.4, -0.2) is 49.5 Å². The lowest BCUT2D eigenvalue weighted by molar-refractivity contribution is 0.0165. The van der Waals surface area contributed by atoms with E-state index in [1.807, 2.05) is 0 Å². The van der Waals surface area contributed by atoms with Crippen LogP contribution in [0.3, 0.4) is 0 Å². The predicted molar refractivity (Wildman–Crippen MR) is 72.7 cm³/mol. The lowest BCUT2D eigenvalue weighted by Crippen LogP contribution is -2.30. The van der Waals surface area contributed by atoms with Gasteiger partial charge in [0.05, 0.1) is 12.7 Å². The third-order valence-corrected chi connectivity index (χ3v) is 4.78. The van der Waals surface area contributed by atoms with Gasteiger partial charge in [-0.1, -0.05) is 6.92 Å². The summed E-state index contributed by atoms with van der Waals surface area (Å²) in [5.41, 5.74) is 0. The van der Waals surface area contributed by atoms with Crippen molar-refractivity contribution in [3.63, 3.8) is 0 Å². The molecule has 0 amide bonds. The molecule has 0 bridgehead atoms. The number of nitrogens with one attached hydrogen (secondary N) is 1. The Kier molecular flexibility index (Phi) is 6.12. The highest BCUT2D eigenvalue weighted by atomic mass is 32.2. The van der Waals surface area contributed by atoms with Crippen LogP contribution >= 0.6 is 11.8 Å². The van der Waals surface area contributed by atoms with Crippen molar-refractivity contribution in [3.8, 4) is 0 Å². The zero-order valence-electron chi connectivity index (χ0n) is 10.8. The largest absolute Gasteiger partial charge is 0.379 e. The van der Waals surface area contributed by atoms with E-state index < -0.39 is 0 Å². The van der Waals surface area contributed by atoms with Crippen LogP contribution < -0.4 is 5.32 Å². The van der Waals surface area contributed by atoms with Gasteiger partial charge in [-0.3, -0.25) is 0 Å². The minimum atomic E-state index is 0.370. The van der Waals surface area contributed by atoms with Crippen molar-refractivity contribution in [2.45, 2.75) is 50.0 Å². The molecule has 0 aromatic rings. The molecule has 1 N–H and O–H groups in total. The van der Waals surface area contributed by atoms with Crippen LogP contribution in [0, 0.1) is 0 Å². The summed E-state index contributed by atoms with van der Waals surface area (Å²) in [5.74, 6) is 1.28. The predicted octanol–water partition coefficient (Wildman–Crippen LogP) is 2.06. The summed E-state index contributed by atoms with van der Waals surface area (Å²) in [6.07, 6.45) is 5.18. The van der Waals surface area contributed by atoms with Gasteiger partial charge in [0.1, 0.15) is 0 Å². The van der Waals surface area contributed by atoms with Crippen molar-refractivity contribution in [2.24, 2.45) is 0 Å². The van der Waals surface area contributed by atoms with Crippen molar-refractivity contribution in [2.75, 3.05) is 32.1 Å². The average Bonchev–Trinajstić information content (AvgIpc) is 2.95. The van der Waals surface area contributed by atoms with Crippen LogP contribution in [0.1, 0.15) is 32.6 Å². The first kappa shape index (κ1) is 13.7. The molecular formula is C13H25NO2S. The molecule has 100 valence electrons. The van der Waals surface area contributed by atoms with Gasteiger partial charge in [-0.05, 0) is 32.2 Å². The molecule has 2 saturated heterocycles. The average molecular weight is 259 g/mol. The minimum Gasteiger partial charge on any atom is -0.379 e. The van der Waals surface area contributed by atoms with E-state index >= 15 is 0 Å². The fourth-order valence-corrected chi connectivity index (χ4v) is 3.61. The zero-order valence-corrected chi connectivity index (χ0v) is 11.6. The molecule has 0 radical (unpaired) electrons. The van der Waals surface area contributed by atoms with Crippen molar-refractivity contribution in [1.82, 2.24) is 5.32 Å². The van der Waals surface area contributed by atoms with Crippen LogP contribution in [0.2, 0.25) is 0 Å². The summed E-state index contributed by atoms with van der Waals surface area (Å²) in [7, 11) is 0. The number of thioether (sulfide) groups is 1. The molecule has 2 heterocycles. The zero-order chi connectivity index (χ0) is 11.9. The molecule has 0 saturated carbocycles. The van der Waals surface area contributed by atoms with E-state index in [2.05, 4.69) is 24.0 Å². The standard InChI is InChI=1S/C13H25NO2S/c1-11-8-12(10-17-11)14-5-3-6-15-9-13-4-2-7-16-13/h11-14H,2-10H2,1H3. The molecule has 17 heavy (non-hydrogen) atoms. The van der Waals surface area contributed by atoms with Crippen molar-refractivity contribution in [1.29, 1.82) is 0 Å². The Bertz CT molecular complexity index is 210. The molecule has 3 nitrogen and oxygen atoms in total. The van der Waals surface area contributed by atoms with Crippen LogP contribution in [0.15, 0.2) is 0 Å². The second-order valence-electron chi connectivity index (χ2n) is 5.09. The monoisotopic (exact) mass is 259 g/mol. The Hall–Kier alpha value is 0.230. The van der Waals surface area contributed by atoms with Gasteiger partial charge >= 0.3 is 0 Å². The van der Waals surface area contributed by atoms with E-state index in [4.69, 9.17) is 9.47 Å². The summed E-state index contributed by atoms with van der Waals surface area (Å²) in [6, 6.07) is 0.730. The van der Waals surface area contributed by atoms with Crippen LogP contribution in [-0.2, 0) is 9.47 Å². The fourth-order valence-electron chi connectivity index (χ4n) is 2.43. The van der Waals surface area contributed by atoms with Crippen molar-refractivity contribution < 1.29 is 9.47 Å². The number of ether oxygens (including phenoxy) is 2. The Morgan fingerprint density at radius 1 is 1.47 bits per heavy atom. The maximum absolute atomic E-state index is 5.63. The highest BCUT2D eigenvalue weighted by Gasteiger charge is 2.20. The summed E-state index contributed by atoms with van der Waals surface area (Å²) in [6.45, 7) is 5.98. The smallest absolute Gasteiger partial charge is 0.0809 e. The van der Waals surface area contributed by atoms with Crippen LogP contribution in [0.4, 0.5) is 0 Å². The molecule has 2 aliphatic heterocycles. The third-order valence-electron chi connectivity index (χ3n) is 3.42. The van der Waals surface area contributed by atoms with Gasteiger partial charge in [-0.25, -0.2) is 0 Å². The number of hydrogen-bond acceptors (Lipinski definition) is 4. The topological polar surface area (TPSA) is 30.5 Å². The van der Waals surface area contributed by atoms with E-state index in [1.54, 1.807) is 0 Å². The molecule has 0 aromatic carbocycles. The van der Waals surface area contributed by atoms with E-state index in [-0.39, 0.29) is 0 Å². The Balaban J connectivity index is 1.38. The summed E-state index contributed by atoms with van der Waals surface area (Å²) < 4.78 is 11.1. The number of hydrogen-bond donors (Lipinski definition) is 1. The van der Waals surface area contributed by atoms with Gasteiger partial charge in [0, 0.05) is 30.3 Å². The van der Waals surface area contributed by atoms with E-state index in [0.717, 1.165) is 44.1 Å². The van der Waals surface area contributed by atoms with Gasteiger partial charge < -0.3 is 14.8 Å². The Morgan fingerprint density at radius 2 is 2.41 bits per heavy atom. The minimum absolute atomic E-state index is 0.370. The molecular weight excluding hydrogens is 234 g/mol. The summed E-state index contributed by atoms with van der Waals surface area (Å²) >= 11 is 2.08. The van der Waals surface area contributed by atoms with Crippen molar-refractivity contribution in [3.05, 3.63) is 0 Å². The van der Waals surface area contributed by atoms with E-state index in [0.29, 0.717) is 6.10 Å². The van der Waals surface area contributed by atoms with Crippen molar-refractivity contribution >= 4 is 11.8 Å². The maximum atomic E-state index is 5.63. The maximum Gasteiger partial charge on any atom is 0.0809 e. The highest BCUT2D eigenvalue weighted by molar-refractivity contribution is 8.00. The summed E-state index contributed by atoms with van der Waals surface area (Å²) in [5, 5.41) is 4.44. The lowest BCUT2D eigenvalue weighted by Gasteiger charge is -2.12. The molecule has 0 spiro atoms. The fraction of sp³-hybridized carbons (Fsp3) is 1.00. The van der Waals surface area contributed by atoms with E-state index in [9.17, 15) is 0 Å². The molecule has 3 unspecified atom stereocenters. The molecule has 2 fully saturated rings. The van der Waals surface area contributed by atoms with Gasteiger partial charge in [0.25, 0.3) is 0 Å². The number of rotatable bonds is 7. The highest BCUT2D eigenvalue weighted by Crippen LogP contribution is 2.25. The third kappa shape index (κ3) is 5.16. The molecule has 2 rings (SSSR count). The quantitative estimate of drug-likeness (QED) is 0.709. The Morgan fingerprint density at radius 3 is 3.12 bits per heavy atom. The van der Waals surface area contributed by atoms with Crippen LogP contribution in [0.5, 0.6) is 0 Å². The first-order chi connectivity index (χ1) is 8.34. The SMILES string of the molecule is CC1CC(NCCCOCC2CCCO2)CS1. The Labute approximate surface area is 109 Å². The first-order valence-electron chi connectivity index (χ1n) is 6.89. The van der Waals surface area contributed by atoms with Gasteiger partial charge in [0.2, 0.25) is 0 Å². The second-order valence-corrected chi connectivity index (χ2v) is 6.57. The second kappa shape index (κ2) is 7.62. The molecule has 0 aromatic heterocycles. The first-order valence-corrected chi connectivity index (χ1v) is 7.94. The summed E-state index contributed by atoms with van der Waals surface area (Å²) in [4.78, 5) is 0. The van der Waals surface area contributed by atoms with E-state index in [1.165, 1.54) is 25.0 Å². The molecule has 0 aliphatic carbocycles. The van der Waals surface area contributed by atoms with Gasteiger partial charge in [0.15, 0.2) is 0 Å². The van der Waals surface area contributed by atoms with Crippen LogP contribution in [0.25, 0.3) is 0 Å². The van der Waals surface area contributed by atoms with Gasteiger partial charge in [-0.2, -0.15) is 11.8 Å².